The minimum atomic E-state index is -0.625. The Kier molecular flexibility index (Phi) is 6.57. The smallest absolute Gasteiger partial charge is 0.263 e. The third-order valence-corrected chi connectivity index (χ3v) is 6.23. The van der Waals surface area contributed by atoms with Gasteiger partial charge in [0.15, 0.2) is 0 Å². The van der Waals surface area contributed by atoms with Crippen molar-refractivity contribution in [1.82, 2.24) is 9.55 Å². The van der Waals surface area contributed by atoms with Gasteiger partial charge in [-0.05, 0) is 36.0 Å². The van der Waals surface area contributed by atoms with Gasteiger partial charge in [-0.25, -0.2) is 14.2 Å². The summed E-state index contributed by atoms with van der Waals surface area (Å²) in [5.74, 6) is 0.592. The van der Waals surface area contributed by atoms with E-state index in [0.29, 0.717) is 40.9 Å². The summed E-state index contributed by atoms with van der Waals surface area (Å²) in [6, 6.07) is 11.9. The molecule has 1 aromatic heterocycles. The van der Waals surface area contributed by atoms with Crippen LogP contribution in [0.5, 0.6) is 0 Å². The predicted octanol–water partition coefficient (Wildman–Crippen LogP) is 5.19. The molecule has 1 fully saturated rings. The maximum atomic E-state index is 14.5. The monoisotopic (exact) mass is 446 g/mol. The lowest BCUT2D eigenvalue weighted by Gasteiger charge is -2.32. The Morgan fingerprint density at radius 2 is 1.82 bits per heavy atom. The minimum absolute atomic E-state index is 0.0571. The molecule has 33 heavy (non-hydrogen) atoms. The Morgan fingerprint density at radius 3 is 2.42 bits per heavy atom. The van der Waals surface area contributed by atoms with E-state index in [2.05, 4.69) is 16.7 Å². The number of piperidine rings is 1. The zero-order valence-corrected chi connectivity index (χ0v) is 19.1. The van der Waals surface area contributed by atoms with Crippen LogP contribution in [-0.4, -0.2) is 29.8 Å². The average molecular weight is 447 g/mol. The largest absolute Gasteiger partial charge is 0.380 e. The van der Waals surface area contributed by atoms with Crippen molar-refractivity contribution in [3.63, 3.8) is 0 Å². The first-order valence-electron chi connectivity index (χ1n) is 11.0. The summed E-state index contributed by atoms with van der Waals surface area (Å²) in [7, 11) is 3.37. The molecule has 2 heterocycles. The first-order valence-corrected chi connectivity index (χ1v) is 11.0. The molecule has 0 radical (unpaired) electrons. The number of hydrogen-bond donors (Lipinski definition) is 0. The molecule has 1 aliphatic rings. The summed E-state index contributed by atoms with van der Waals surface area (Å²) in [4.78, 5) is 23.9. The van der Waals surface area contributed by atoms with Crippen LogP contribution in [0.4, 0.5) is 16.0 Å². The fourth-order valence-electron chi connectivity index (χ4n) is 4.23. The van der Waals surface area contributed by atoms with Crippen LogP contribution in [0.3, 0.4) is 0 Å². The van der Waals surface area contributed by atoms with E-state index in [1.807, 2.05) is 24.3 Å². The number of anilines is 1. The van der Waals surface area contributed by atoms with Gasteiger partial charge in [0, 0.05) is 32.8 Å². The van der Waals surface area contributed by atoms with Gasteiger partial charge in [0.2, 0.25) is 11.6 Å². The van der Waals surface area contributed by atoms with Crippen LogP contribution in [0.2, 0.25) is 0 Å². The Balaban J connectivity index is 1.91. The molecule has 0 saturated carbocycles. The molecular weight excluding hydrogens is 419 g/mol. The summed E-state index contributed by atoms with van der Waals surface area (Å²) < 4.78 is 21.3. The van der Waals surface area contributed by atoms with Crippen LogP contribution < -0.4 is 10.5 Å². The fraction of sp³-hybridized carbons (Fsp3) is 0.346. The highest BCUT2D eigenvalue weighted by atomic mass is 19.1. The number of nitrogens with zero attached hydrogens (tertiary/aromatic N) is 4. The molecule has 0 atom stereocenters. The van der Waals surface area contributed by atoms with Gasteiger partial charge in [-0.2, -0.15) is 0 Å². The Morgan fingerprint density at radius 1 is 1.15 bits per heavy atom. The highest BCUT2D eigenvalue weighted by Gasteiger charge is 2.24. The standard InChI is InChI=1S/C26H27FN4O2/c1-17-11-13-31(14-12-17)26-29-24(20-9-10-22(28-2)21(27)15-20)23(25(32)30(26)3)19-7-5-18(6-8-19)16-33-4/h5-10,15,17H,11-14,16H2,1,3-4H3. The second-order valence-electron chi connectivity index (χ2n) is 8.58. The van der Waals surface area contributed by atoms with Gasteiger partial charge in [-0.3, -0.25) is 9.36 Å². The lowest BCUT2D eigenvalue weighted by Crippen LogP contribution is -2.38. The molecule has 0 bridgehead atoms. The summed E-state index contributed by atoms with van der Waals surface area (Å²) in [5.41, 5.74) is 2.74. The zero-order chi connectivity index (χ0) is 23.5. The van der Waals surface area contributed by atoms with E-state index in [1.54, 1.807) is 24.8 Å². The number of hydrogen-bond acceptors (Lipinski definition) is 4. The summed E-state index contributed by atoms with van der Waals surface area (Å²) in [6.45, 7) is 11.5. The predicted molar refractivity (Wildman–Crippen MR) is 128 cm³/mol. The second-order valence-corrected chi connectivity index (χ2v) is 8.58. The van der Waals surface area contributed by atoms with E-state index < -0.39 is 5.82 Å². The minimum Gasteiger partial charge on any atom is -0.380 e. The number of aromatic nitrogens is 2. The van der Waals surface area contributed by atoms with Crippen LogP contribution in [0.1, 0.15) is 25.3 Å². The van der Waals surface area contributed by atoms with E-state index in [0.717, 1.165) is 31.5 Å². The first-order chi connectivity index (χ1) is 15.9. The molecule has 7 heteroatoms. The van der Waals surface area contributed by atoms with E-state index in [4.69, 9.17) is 16.3 Å². The van der Waals surface area contributed by atoms with Crippen LogP contribution in [-0.2, 0) is 18.4 Å². The molecule has 170 valence electrons. The molecule has 0 amide bonds. The summed E-state index contributed by atoms with van der Waals surface area (Å²) in [6.07, 6.45) is 2.06. The van der Waals surface area contributed by atoms with Crippen LogP contribution in [0, 0.1) is 18.3 Å². The molecule has 0 N–H and O–H groups in total. The summed E-state index contributed by atoms with van der Waals surface area (Å²) >= 11 is 0. The van der Waals surface area contributed by atoms with Gasteiger partial charge in [-0.1, -0.05) is 43.3 Å². The maximum Gasteiger partial charge on any atom is 0.263 e. The normalized spacial score (nSPS) is 14.3. The third kappa shape index (κ3) is 4.53. The van der Waals surface area contributed by atoms with E-state index >= 15 is 0 Å². The van der Waals surface area contributed by atoms with Crippen molar-refractivity contribution in [1.29, 1.82) is 0 Å². The molecule has 3 aromatic rings. The van der Waals surface area contributed by atoms with Gasteiger partial charge < -0.3 is 9.64 Å². The van der Waals surface area contributed by atoms with Crippen molar-refractivity contribution in [3.8, 4) is 22.4 Å². The SMILES string of the molecule is [C-]#[N+]c1ccc(-c2nc(N3CCC(C)CC3)n(C)c(=O)c2-c2ccc(COC)cc2)cc1F. The molecule has 0 unspecified atom stereocenters. The molecule has 2 aromatic carbocycles. The third-order valence-electron chi connectivity index (χ3n) is 6.23. The van der Waals surface area contributed by atoms with Gasteiger partial charge in [0.1, 0.15) is 5.82 Å². The number of ether oxygens (including phenoxy) is 1. The van der Waals surface area contributed by atoms with Crippen molar-refractivity contribution < 1.29 is 9.13 Å². The Bertz CT molecular complexity index is 1250. The molecule has 1 saturated heterocycles. The number of benzene rings is 2. The van der Waals surface area contributed by atoms with Crippen LogP contribution in [0.15, 0.2) is 47.3 Å². The fourth-order valence-corrected chi connectivity index (χ4v) is 4.23. The van der Waals surface area contributed by atoms with Gasteiger partial charge in [0.25, 0.3) is 5.56 Å². The topological polar surface area (TPSA) is 51.7 Å². The highest BCUT2D eigenvalue weighted by Crippen LogP contribution is 2.33. The second kappa shape index (κ2) is 9.55. The van der Waals surface area contributed by atoms with E-state index in [9.17, 15) is 9.18 Å². The van der Waals surface area contributed by atoms with Crippen molar-refractivity contribution in [2.24, 2.45) is 13.0 Å². The molecule has 0 aliphatic carbocycles. The van der Waals surface area contributed by atoms with Crippen molar-refractivity contribution in [3.05, 3.63) is 75.6 Å². The summed E-state index contributed by atoms with van der Waals surface area (Å²) in [5, 5.41) is 0. The van der Waals surface area contributed by atoms with E-state index in [-0.39, 0.29) is 11.2 Å². The van der Waals surface area contributed by atoms with E-state index in [1.165, 1.54) is 12.1 Å². The molecular formula is C26H27FN4O2. The molecule has 1 aliphatic heterocycles. The molecule has 6 nitrogen and oxygen atoms in total. The number of methoxy groups -OCH3 is 1. The Labute approximate surface area is 193 Å². The molecule has 0 spiro atoms. The van der Waals surface area contributed by atoms with Gasteiger partial charge in [-0.15, -0.1) is 0 Å². The highest BCUT2D eigenvalue weighted by molar-refractivity contribution is 5.81. The molecule has 4 rings (SSSR count). The maximum absolute atomic E-state index is 14.5. The zero-order valence-electron chi connectivity index (χ0n) is 19.1. The lowest BCUT2D eigenvalue weighted by molar-refractivity contribution is 0.185. The average Bonchev–Trinajstić information content (AvgIpc) is 2.82. The van der Waals surface area contributed by atoms with Crippen molar-refractivity contribution in [2.75, 3.05) is 25.1 Å². The Hall–Kier alpha value is -3.50. The lowest BCUT2D eigenvalue weighted by atomic mass is 9.98. The van der Waals surface area contributed by atoms with Gasteiger partial charge >= 0.3 is 0 Å². The quantitative estimate of drug-likeness (QED) is 0.507. The van der Waals surface area contributed by atoms with Crippen molar-refractivity contribution in [2.45, 2.75) is 26.4 Å². The van der Waals surface area contributed by atoms with Gasteiger partial charge in [0.05, 0.1) is 24.4 Å². The number of rotatable bonds is 5. The first kappa shape index (κ1) is 22.7. The van der Waals surface area contributed by atoms with Crippen molar-refractivity contribution >= 4 is 11.6 Å². The van der Waals surface area contributed by atoms with Crippen LogP contribution in [0.25, 0.3) is 27.2 Å². The number of halogens is 1. The van der Waals surface area contributed by atoms with Crippen LogP contribution >= 0.6 is 0 Å².